The number of amides is 6. The van der Waals surface area contributed by atoms with Crippen LogP contribution in [0.5, 0.6) is 0 Å². The number of para-hydroxylation sites is 1. The molecule has 2 aliphatic rings. The van der Waals surface area contributed by atoms with Crippen LogP contribution in [0.25, 0.3) is 0 Å². The van der Waals surface area contributed by atoms with Crippen molar-refractivity contribution in [2.24, 2.45) is 5.92 Å². The van der Waals surface area contributed by atoms with Crippen LogP contribution in [-0.2, 0) is 15.1 Å². The number of carbonyl (C=O) groups is 4. The number of piperidine rings is 1. The van der Waals surface area contributed by atoms with Gasteiger partial charge in [-0.15, -0.1) is 0 Å². The lowest BCUT2D eigenvalue weighted by Gasteiger charge is -2.32. The Morgan fingerprint density at radius 3 is 2.30 bits per heavy atom. The summed E-state index contributed by atoms with van der Waals surface area (Å²) in [5.74, 6) is -0.807. The lowest BCUT2D eigenvalue weighted by Crippen LogP contribution is -2.45. The van der Waals surface area contributed by atoms with Crippen LogP contribution in [0, 0.1) is 5.92 Å². The van der Waals surface area contributed by atoms with Crippen molar-refractivity contribution in [1.82, 2.24) is 15.1 Å². The highest BCUT2D eigenvalue weighted by Gasteiger charge is 2.47. The number of likely N-dealkylation sites (N-methyl/N-ethyl adjacent to an activating group) is 1. The average molecular weight is 450 g/mol. The van der Waals surface area contributed by atoms with Gasteiger partial charge in [-0.05, 0) is 49.6 Å². The first-order valence-electron chi connectivity index (χ1n) is 10.9. The van der Waals surface area contributed by atoms with E-state index in [1.165, 1.54) is 7.05 Å². The van der Waals surface area contributed by atoms with Crippen molar-refractivity contribution in [3.63, 3.8) is 0 Å². The minimum atomic E-state index is -1.13. The Kier molecular flexibility index (Phi) is 6.04. The molecule has 2 aliphatic heterocycles. The van der Waals surface area contributed by atoms with E-state index in [1.54, 1.807) is 36.1 Å². The second kappa shape index (κ2) is 8.93. The quantitative estimate of drug-likeness (QED) is 0.623. The molecule has 0 bridgehead atoms. The third kappa shape index (κ3) is 4.52. The molecule has 0 aromatic heterocycles. The van der Waals surface area contributed by atoms with Gasteiger partial charge in [0.2, 0.25) is 5.91 Å². The van der Waals surface area contributed by atoms with Crippen molar-refractivity contribution < 1.29 is 19.2 Å². The highest BCUT2D eigenvalue weighted by atomic mass is 16.2. The summed E-state index contributed by atoms with van der Waals surface area (Å²) in [5, 5.41) is 8.46. The third-order valence-corrected chi connectivity index (χ3v) is 6.23. The van der Waals surface area contributed by atoms with Crippen molar-refractivity contribution in [2.75, 3.05) is 30.8 Å². The number of benzene rings is 2. The number of imide groups is 1. The number of rotatable bonds is 4. The molecular formula is C24H27N5O4. The van der Waals surface area contributed by atoms with Gasteiger partial charge in [0.25, 0.3) is 5.91 Å². The summed E-state index contributed by atoms with van der Waals surface area (Å²) in [6.07, 6.45) is 1.44. The number of hydrogen-bond acceptors (Lipinski definition) is 4. The van der Waals surface area contributed by atoms with Gasteiger partial charge in [0.1, 0.15) is 5.54 Å². The van der Waals surface area contributed by atoms with Crippen LogP contribution in [0.15, 0.2) is 54.6 Å². The van der Waals surface area contributed by atoms with Crippen LogP contribution in [-0.4, -0.2) is 53.8 Å². The molecule has 6 amide bonds. The standard InChI is InChI=1S/C24H27N5O4/c1-24(21(31)28(2)23(33)27-24)17-10-12-19(13-11-17)25-20(30)16-7-6-14-29(15-16)22(32)26-18-8-4-3-5-9-18/h3-5,8-13,16H,6-7,14-15H2,1-2H3,(H,25,30)(H,26,32)(H,27,33). The van der Waals surface area contributed by atoms with Crippen LogP contribution in [0.4, 0.5) is 21.0 Å². The van der Waals surface area contributed by atoms with Gasteiger partial charge in [-0.25, -0.2) is 9.59 Å². The molecule has 2 saturated heterocycles. The fourth-order valence-electron chi connectivity index (χ4n) is 4.21. The highest BCUT2D eigenvalue weighted by Crippen LogP contribution is 2.29. The summed E-state index contributed by atoms with van der Waals surface area (Å²) in [5.41, 5.74) is 0.795. The van der Waals surface area contributed by atoms with E-state index in [4.69, 9.17) is 0 Å². The molecular weight excluding hydrogens is 422 g/mol. The van der Waals surface area contributed by atoms with Gasteiger partial charge >= 0.3 is 12.1 Å². The van der Waals surface area contributed by atoms with E-state index >= 15 is 0 Å². The number of carbonyl (C=O) groups excluding carboxylic acids is 4. The Balaban J connectivity index is 1.36. The molecule has 2 atom stereocenters. The summed E-state index contributed by atoms with van der Waals surface area (Å²) in [6.45, 7) is 2.60. The molecule has 2 unspecified atom stereocenters. The zero-order valence-electron chi connectivity index (χ0n) is 18.6. The maximum absolute atomic E-state index is 12.8. The number of urea groups is 2. The molecule has 2 fully saturated rings. The number of anilines is 2. The van der Waals surface area contributed by atoms with Crippen LogP contribution in [0.3, 0.4) is 0 Å². The van der Waals surface area contributed by atoms with Crippen molar-refractivity contribution in [1.29, 1.82) is 0 Å². The lowest BCUT2D eigenvalue weighted by atomic mass is 9.92. The second-order valence-corrected chi connectivity index (χ2v) is 8.57. The van der Waals surface area contributed by atoms with Gasteiger partial charge < -0.3 is 20.9 Å². The molecule has 33 heavy (non-hydrogen) atoms. The van der Waals surface area contributed by atoms with Gasteiger partial charge in [0, 0.05) is 31.5 Å². The topological polar surface area (TPSA) is 111 Å². The zero-order chi connectivity index (χ0) is 23.6. The molecule has 9 heteroatoms. The van der Waals surface area contributed by atoms with E-state index in [9.17, 15) is 19.2 Å². The fourth-order valence-corrected chi connectivity index (χ4v) is 4.21. The first kappa shape index (κ1) is 22.3. The van der Waals surface area contributed by atoms with Gasteiger partial charge in [-0.1, -0.05) is 30.3 Å². The third-order valence-electron chi connectivity index (χ3n) is 6.23. The minimum Gasteiger partial charge on any atom is -0.326 e. The number of nitrogens with one attached hydrogen (secondary N) is 3. The Labute approximate surface area is 192 Å². The molecule has 172 valence electrons. The normalized spacial score (nSPS) is 22.7. The first-order valence-corrected chi connectivity index (χ1v) is 10.9. The Morgan fingerprint density at radius 1 is 1.00 bits per heavy atom. The summed E-state index contributed by atoms with van der Waals surface area (Å²) < 4.78 is 0. The van der Waals surface area contributed by atoms with Gasteiger partial charge in [0.15, 0.2) is 0 Å². The molecule has 0 spiro atoms. The van der Waals surface area contributed by atoms with Crippen LogP contribution < -0.4 is 16.0 Å². The molecule has 4 rings (SSSR count). The van der Waals surface area contributed by atoms with Crippen molar-refractivity contribution >= 4 is 35.3 Å². The van der Waals surface area contributed by atoms with E-state index in [-0.39, 0.29) is 23.8 Å². The molecule has 9 nitrogen and oxygen atoms in total. The van der Waals surface area contributed by atoms with E-state index in [0.29, 0.717) is 36.4 Å². The molecule has 0 aliphatic carbocycles. The summed E-state index contributed by atoms with van der Waals surface area (Å²) in [6, 6.07) is 15.4. The van der Waals surface area contributed by atoms with Crippen molar-refractivity contribution in [3.05, 3.63) is 60.2 Å². The Morgan fingerprint density at radius 2 is 1.67 bits per heavy atom. The summed E-state index contributed by atoms with van der Waals surface area (Å²) >= 11 is 0. The van der Waals surface area contributed by atoms with Gasteiger partial charge in [-0.3, -0.25) is 14.5 Å². The van der Waals surface area contributed by atoms with E-state index in [1.807, 2.05) is 30.3 Å². The smallest absolute Gasteiger partial charge is 0.325 e. The first-order chi connectivity index (χ1) is 15.8. The van der Waals surface area contributed by atoms with E-state index in [0.717, 1.165) is 11.3 Å². The maximum Gasteiger partial charge on any atom is 0.325 e. The van der Waals surface area contributed by atoms with E-state index in [2.05, 4.69) is 16.0 Å². The summed E-state index contributed by atoms with van der Waals surface area (Å²) in [7, 11) is 1.44. The molecule has 2 aromatic rings. The number of hydrogen-bond donors (Lipinski definition) is 3. The molecule has 3 N–H and O–H groups in total. The van der Waals surface area contributed by atoms with Crippen LogP contribution >= 0.6 is 0 Å². The monoisotopic (exact) mass is 449 g/mol. The SMILES string of the molecule is CN1C(=O)NC(C)(c2ccc(NC(=O)C3CCCN(C(=O)Nc4ccccc4)C3)cc2)C1=O. The lowest BCUT2D eigenvalue weighted by molar-refractivity contribution is -0.130. The highest BCUT2D eigenvalue weighted by molar-refractivity contribution is 6.07. The maximum atomic E-state index is 12.8. The number of nitrogens with zero attached hydrogens (tertiary/aromatic N) is 2. The predicted molar refractivity (Wildman–Crippen MR) is 123 cm³/mol. The molecule has 0 radical (unpaired) electrons. The van der Waals surface area contributed by atoms with Gasteiger partial charge in [0.05, 0.1) is 5.92 Å². The minimum absolute atomic E-state index is 0.156. The molecule has 0 saturated carbocycles. The largest absolute Gasteiger partial charge is 0.326 e. The zero-order valence-corrected chi connectivity index (χ0v) is 18.6. The van der Waals surface area contributed by atoms with E-state index < -0.39 is 11.6 Å². The van der Waals surface area contributed by atoms with Crippen molar-refractivity contribution in [3.8, 4) is 0 Å². The Hall–Kier alpha value is -3.88. The molecule has 2 heterocycles. The Bertz CT molecular complexity index is 1070. The fraction of sp³-hybridized carbons (Fsp3) is 0.333. The van der Waals surface area contributed by atoms with Gasteiger partial charge in [-0.2, -0.15) is 0 Å². The number of likely N-dealkylation sites (tertiary alicyclic amines) is 1. The predicted octanol–water partition coefficient (Wildman–Crippen LogP) is 2.97. The molecule has 2 aromatic carbocycles. The second-order valence-electron chi connectivity index (χ2n) is 8.57. The van der Waals surface area contributed by atoms with Crippen LogP contribution in [0.2, 0.25) is 0 Å². The summed E-state index contributed by atoms with van der Waals surface area (Å²) in [4.78, 5) is 52.4. The van der Waals surface area contributed by atoms with Crippen molar-refractivity contribution in [2.45, 2.75) is 25.3 Å². The van der Waals surface area contributed by atoms with Crippen LogP contribution in [0.1, 0.15) is 25.3 Å². The average Bonchev–Trinajstić information content (AvgIpc) is 3.03.